The number of benzene rings is 1. The number of amides is 2. The first-order valence-corrected chi connectivity index (χ1v) is 8.85. The van der Waals surface area contributed by atoms with E-state index in [0.29, 0.717) is 37.0 Å². The van der Waals surface area contributed by atoms with E-state index in [1.165, 1.54) is 12.1 Å². The highest BCUT2D eigenvalue weighted by Crippen LogP contribution is 2.21. The van der Waals surface area contributed by atoms with Crippen molar-refractivity contribution in [2.45, 2.75) is 25.8 Å². The fourth-order valence-electron chi connectivity index (χ4n) is 3.49. The second-order valence-electron chi connectivity index (χ2n) is 6.92. The highest BCUT2D eigenvalue weighted by atomic mass is 19.1. The standard InChI is InChI=1S/C19H22FN3O4/c1-11(18(25)23-7-5-12(6-8-23)19(26)27)21-17(24)16-10-13-9-14(20)3-4-15(13)22(16)2/h3-4,9-12H,5-8H2,1-2H3,(H,21,24)(H,26,27). The summed E-state index contributed by atoms with van der Waals surface area (Å²) in [7, 11) is 1.71. The van der Waals surface area contributed by atoms with Gasteiger partial charge in [-0.05, 0) is 44.0 Å². The summed E-state index contributed by atoms with van der Waals surface area (Å²) >= 11 is 0. The molecule has 2 N–H and O–H groups in total. The van der Waals surface area contributed by atoms with Gasteiger partial charge in [-0.1, -0.05) is 0 Å². The maximum absolute atomic E-state index is 13.4. The molecule has 1 aromatic carbocycles. The first-order valence-electron chi connectivity index (χ1n) is 8.85. The number of likely N-dealkylation sites (tertiary alicyclic amines) is 1. The topological polar surface area (TPSA) is 91.6 Å². The van der Waals surface area contributed by atoms with Crippen LogP contribution in [0.15, 0.2) is 24.3 Å². The molecule has 27 heavy (non-hydrogen) atoms. The molecule has 0 bridgehead atoms. The third-order valence-electron chi connectivity index (χ3n) is 5.11. The monoisotopic (exact) mass is 375 g/mol. The molecule has 8 heteroatoms. The molecule has 2 heterocycles. The Morgan fingerprint density at radius 1 is 1.22 bits per heavy atom. The van der Waals surface area contributed by atoms with Crippen LogP contribution < -0.4 is 5.32 Å². The van der Waals surface area contributed by atoms with Crippen LogP contribution in [0.1, 0.15) is 30.3 Å². The average Bonchev–Trinajstić information content (AvgIpc) is 2.97. The quantitative estimate of drug-likeness (QED) is 0.852. The Morgan fingerprint density at radius 3 is 2.52 bits per heavy atom. The summed E-state index contributed by atoms with van der Waals surface area (Å²) in [6.07, 6.45) is 0.826. The number of aliphatic carboxylic acids is 1. The maximum Gasteiger partial charge on any atom is 0.306 e. The highest BCUT2D eigenvalue weighted by molar-refractivity contribution is 6.00. The van der Waals surface area contributed by atoms with Gasteiger partial charge in [-0.25, -0.2) is 4.39 Å². The number of aromatic nitrogens is 1. The van der Waals surface area contributed by atoms with Gasteiger partial charge in [0.2, 0.25) is 5.91 Å². The molecule has 144 valence electrons. The van der Waals surface area contributed by atoms with Crippen molar-refractivity contribution in [2.24, 2.45) is 13.0 Å². The molecular formula is C19H22FN3O4. The summed E-state index contributed by atoms with van der Waals surface area (Å²) in [6, 6.07) is 5.13. The Labute approximate surface area is 155 Å². The molecular weight excluding hydrogens is 353 g/mol. The Bertz CT molecular complexity index is 900. The number of hydrogen-bond donors (Lipinski definition) is 2. The normalized spacial score (nSPS) is 16.3. The van der Waals surface area contributed by atoms with Gasteiger partial charge in [0, 0.05) is 31.0 Å². The number of rotatable bonds is 4. The van der Waals surface area contributed by atoms with Crippen LogP contribution in [0, 0.1) is 11.7 Å². The zero-order valence-electron chi connectivity index (χ0n) is 15.2. The number of carbonyl (C=O) groups is 3. The molecule has 1 atom stereocenters. The van der Waals surface area contributed by atoms with Crippen LogP contribution in [0.2, 0.25) is 0 Å². The molecule has 1 aliphatic rings. The van der Waals surface area contributed by atoms with Gasteiger partial charge >= 0.3 is 5.97 Å². The lowest BCUT2D eigenvalue weighted by molar-refractivity contribution is -0.146. The number of carboxylic acids is 1. The lowest BCUT2D eigenvalue weighted by Crippen LogP contribution is -2.50. The number of nitrogens with zero attached hydrogens (tertiary/aromatic N) is 2. The van der Waals surface area contributed by atoms with Gasteiger partial charge in [0.1, 0.15) is 17.6 Å². The summed E-state index contributed by atoms with van der Waals surface area (Å²) in [5.41, 5.74) is 1.05. The van der Waals surface area contributed by atoms with Crippen LogP contribution in [0.3, 0.4) is 0 Å². The van der Waals surface area contributed by atoms with E-state index in [0.717, 1.165) is 5.52 Å². The van der Waals surface area contributed by atoms with Crippen molar-refractivity contribution in [3.05, 3.63) is 35.8 Å². The van der Waals surface area contributed by atoms with Gasteiger partial charge in [0.15, 0.2) is 0 Å². The second kappa shape index (κ2) is 7.38. The van der Waals surface area contributed by atoms with Gasteiger partial charge in [-0.15, -0.1) is 0 Å². The molecule has 0 saturated carbocycles. The van der Waals surface area contributed by atoms with Gasteiger partial charge in [-0.3, -0.25) is 14.4 Å². The van der Waals surface area contributed by atoms with Crippen LogP contribution in [0.4, 0.5) is 4.39 Å². The molecule has 1 aromatic heterocycles. The fraction of sp³-hybridized carbons (Fsp3) is 0.421. The van der Waals surface area contributed by atoms with E-state index >= 15 is 0 Å². The van der Waals surface area contributed by atoms with E-state index in [-0.39, 0.29) is 11.7 Å². The molecule has 2 amide bonds. The van der Waals surface area contributed by atoms with Crippen molar-refractivity contribution in [2.75, 3.05) is 13.1 Å². The Morgan fingerprint density at radius 2 is 1.89 bits per heavy atom. The number of carbonyl (C=O) groups excluding carboxylic acids is 2. The van der Waals surface area contributed by atoms with E-state index in [1.807, 2.05) is 0 Å². The number of carboxylic acid groups (broad SMARTS) is 1. The van der Waals surface area contributed by atoms with Crippen LogP contribution in [0.25, 0.3) is 10.9 Å². The third kappa shape index (κ3) is 3.79. The van der Waals surface area contributed by atoms with Crippen molar-refractivity contribution in [3.63, 3.8) is 0 Å². The molecule has 1 aliphatic heterocycles. The number of aryl methyl sites for hydroxylation is 1. The third-order valence-corrected chi connectivity index (χ3v) is 5.11. The number of halogens is 1. The number of fused-ring (bicyclic) bond motifs is 1. The molecule has 2 aromatic rings. The minimum atomic E-state index is -0.837. The van der Waals surface area contributed by atoms with Crippen LogP contribution >= 0.6 is 0 Å². The molecule has 1 unspecified atom stereocenters. The predicted molar refractivity (Wildman–Crippen MR) is 96.7 cm³/mol. The first kappa shape index (κ1) is 18.9. The zero-order valence-corrected chi connectivity index (χ0v) is 15.2. The summed E-state index contributed by atoms with van der Waals surface area (Å²) in [5.74, 6) is -2.30. The summed E-state index contributed by atoms with van der Waals surface area (Å²) < 4.78 is 15.0. The lowest BCUT2D eigenvalue weighted by atomic mass is 9.97. The largest absolute Gasteiger partial charge is 0.481 e. The van der Waals surface area contributed by atoms with Gasteiger partial charge in [0.05, 0.1) is 5.92 Å². The minimum absolute atomic E-state index is 0.239. The van der Waals surface area contributed by atoms with Crippen molar-refractivity contribution in [1.29, 1.82) is 0 Å². The van der Waals surface area contributed by atoms with Crippen molar-refractivity contribution in [3.8, 4) is 0 Å². The van der Waals surface area contributed by atoms with E-state index in [4.69, 9.17) is 5.11 Å². The van der Waals surface area contributed by atoms with Gasteiger partial charge in [-0.2, -0.15) is 0 Å². The SMILES string of the molecule is CC(NC(=O)c1cc2cc(F)ccc2n1C)C(=O)N1CCC(C(=O)O)CC1. The van der Waals surface area contributed by atoms with Crippen molar-refractivity contribution >= 4 is 28.7 Å². The molecule has 3 rings (SSSR count). The van der Waals surface area contributed by atoms with E-state index in [9.17, 15) is 18.8 Å². The van der Waals surface area contributed by atoms with E-state index in [2.05, 4.69) is 5.32 Å². The molecule has 0 radical (unpaired) electrons. The number of nitrogens with one attached hydrogen (secondary N) is 1. The van der Waals surface area contributed by atoms with Crippen LogP contribution in [-0.4, -0.2) is 51.5 Å². The van der Waals surface area contributed by atoms with Crippen molar-refractivity contribution in [1.82, 2.24) is 14.8 Å². The fourth-order valence-corrected chi connectivity index (χ4v) is 3.49. The van der Waals surface area contributed by atoms with E-state index in [1.54, 1.807) is 35.6 Å². The highest BCUT2D eigenvalue weighted by Gasteiger charge is 2.30. The minimum Gasteiger partial charge on any atom is -0.481 e. The molecule has 1 saturated heterocycles. The Kier molecular flexibility index (Phi) is 5.16. The Balaban J connectivity index is 1.66. The van der Waals surface area contributed by atoms with E-state index < -0.39 is 23.8 Å². The summed E-state index contributed by atoms with van der Waals surface area (Å²) in [6.45, 7) is 2.33. The van der Waals surface area contributed by atoms with Crippen LogP contribution in [0.5, 0.6) is 0 Å². The predicted octanol–water partition coefficient (Wildman–Crippen LogP) is 1.76. The second-order valence-corrected chi connectivity index (χ2v) is 6.92. The number of piperidine rings is 1. The summed E-state index contributed by atoms with van der Waals surface area (Å²) in [4.78, 5) is 37.7. The summed E-state index contributed by atoms with van der Waals surface area (Å²) in [5, 5.41) is 12.3. The first-order chi connectivity index (χ1) is 12.8. The molecule has 7 nitrogen and oxygen atoms in total. The number of hydrogen-bond acceptors (Lipinski definition) is 3. The smallest absolute Gasteiger partial charge is 0.306 e. The van der Waals surface area contributed by atoms with Gasteiger partial charge in [0.25, 0.3) is 5.91 Å². The van der Waals surface area contributed by atoms with Gasteiger partial charge < -0.3 is 19.9 Å². The lowest BCUT2D eigenvalue weighted by Gasteiger charge is -2.32. The molecule has 1 fully saturated rings. The Hall–Kier alpha value is -2.90. The maximum atomic E-state index is 13.4. The van der Waals surface area contributed by atoms with Crippen molar-refractivity contribution < 1.29 is 23.9 Å². The molecule has 0 aliphatic carbocycles. The zero-order chi connectivity index (χ0) is 19.7. The average molecular weight is 375 g/mol. The van der Waals surface area contributed by atoms with Crippen LogP contribution in [-0.2, 0) is 16.6 Å². The molecule has 0 spiro atoms.